The van der Waals surface area contributed by atoms with Crippen LogP contribution in [0.3, 0.4) is 0 Å². The van der Waals surface area contributed by atoms with Crippen molar-refractivity contribution in [3.63, 3.8) is 0 Å². The minimum Gasteiger partial charge on any atom is -0.495 e. The Balaban J connectivity index is 2.14. The Kier molecular flexibility index (Phi) is 12.3. The lowest BCUT2D eigenvalue weighted by Crippen LogP contribution is -2.54. The number of nitro benzene ring substituents is 1. The Morgan fingerprint density at radius 2 is 1.73 bits per heavy atom. The van der Waals surface area contributed by atoms with E-state index in [2.05, 4.69) is 5.32 Å². The van der Waals surface area contributed by atoms with Gasteiger partial charge in [0.15, 0.2) is 0 Å². The van der Waals surface area contributed by atoms with E-state index < -0.39 is 44.0 Å². The molecule has 1 N–H and O–H groups in total. The number of carbonyl (C=O) groups is 2. The molecule has 11 nitrogen and oxygen atoms in total. The molecule has 0 fully saturated rings. The summed E-state index contributed by atoms with van der Waals surface area (Å²) >= 11 is 6.28. The number of sulfonamides is 1. The molecule has 2 amide bonds. The number of aryl methyl sites for hydroxylation is 1. The maximum atomic E-state index is 14.3. The first-order valence-electron chi connectivity index (χ1n) is 14.6. The van der Waals surface area contributed by atoms with Crippen LogP contribution in [0.5, 0.6) is 5.75 Å². The number of carbonyl (C=O) groups excluding carboxylic acids is 2. The second-order valence-electron chi connectivity index (χ2n) is 10.6. The standard InChI is InChI=1S/C32H39ClN4O7S/c1-6-23(4)34-32(39)27(7-2)35(18-17-24-11-9-8-10-12-24)31(38)21-36(29-19-25(33)14-16-30(29)44-5)45(42,43)26-15-13-22(3)28(20-26)37(40)41/h8-16,19-20,23,27H,6-7,17-18,21H2,1-5H3,(H,34,39)/t23-,27-/m1/s1. The monoisotopic (exact) mass is 658 g/mol. The average molecular weight is 659 g/mol. The molecule has 0 bridgehead atoms. The molecule has 13 heteroatoms. The highest BCUT2D eigenvalue weighted by Gasteiger charge is 2.35. The molecule has 0 aliphatic heterocycles. The minimum absolute atomic E-state index is 0.0401. The zero-order chi connectivity index (χ0) is 33.3. The van der Waals surface area contributed by atoms with Crippen molar-refractivity contribution < 1.29 is 27.7 Å². The molecule has 0 heterocycles. The summed E-state index contributed by atoms with van der Waals surface area (Å²) in [5.74, 6) is -0.892. The number of methoxy groups -OCH3 is 1. The fourth-order valence-corrected chi connectivity index (χ4v) is 6.39. The van der Waals surface area contributed by atoms with Crippen molar-refractivity contribution in [1.29, 1.82) is 0 Å². The molecule has 0 aliphatic rings. The van der Waals surface area contributed by atoms with Gasteiger partial charge in [0.05, 0.1) is 22.6 Å². The summed E-state index contributed by atoms with van der Waals surface area (Å²) in [5.41, 5.74) is 0.770. The second kappa shape index (κ2) is 15.7. The SMILES string of the molecule is CC[C@@H](C)NC(=O)[C@@H](CC)N(CCc1ccccc1)C(=O)CN(c1cc(Cl)ccc1OC)S(=O)(=O)c1ccc(C)c([N+](=O)[O-])c1. The highest BCUT2D eigenvalue weighted by molar-refractivity contribution is 7.92. The number of nitrogens with one attached hydrogen (secondary N) is 1. The summed E-state index contributed by atoms with van der Waals surface area (Å²) in [6.45, 7) is 6.47. The molecule has 242 valence electrons. The molecule has 2 atom stereocenters. The maximum Gasteiger partial charge on any atom is 0.273 e. The van der Waals surface area contributed by atoms with E-state index in [1.54, 1.807) is 6.92 Å². The van der Waals surface area contributed by atoms with Crippen LogP contribution in [0.15, 0.2) is 71.6 Å². The number of nitrogens with zero attached hydrogens (tertiary/aromatic N) is 3. The normalized spacial score (nSPS) is 12.6. The summed E-state index contributed by atoms with van der Waals surface area (Å²) in [6, 6.07) is 16.2. The quantitative estimate of drug-likeness (QED) is 0.167. The summed E-state index contributed by atoms with van der Waals surface area (Å²) in [4.78, 5) is 39.7. The van der Waals surface area contributed by atoms with Gasteiger partial charge in [-0.1, -0.05) is 61.8 Å². The van der Waals surface area contributed by atoms with E-state index in [4.69, 9.17) is 16.3 Å². The Bertz CT molecular complexity index is 1620. The van der Waals surface area contributed by atoms with E-state index in [0.29, 0.717) is 12.8 Å². The number of nitro groups is 1. The number of anilines is 1. The van der Waals surface area contributed by atoms with Crippen LogP contribution in [0, 0.1) is 17.0 Å². The molecular weight excluding hydrogens is 620 g/mol. The van der Waals surface area contributed by atoms with Gasteiger partial charge in [-0.25, -0.2) is 8.42 Å². The van der Waals surface area contributed by atoms with Gasteiger partial charge >= 0.3 is 0 Å². The number of ether oxygens (including phenoxy) is 1. The molecule has 3 rings (SSSR count). The van der Waals surface area contributed by atoms with Crippen molar-refractivity contribution in [3.05, 3.63) is 93.0 Å². The van der Waals surface area contributed by atoms with Crippen LogP contribution in [0.4, 0.5) is 11.4 Å². The van der Waals surface area contributed by atoms with Crippen LogP contribution in [-0.4, -0.2) is 62.3 Å². The summed E-state index contributed by atoms with van der Waals surface area (Å²) in [7, 11) is -3.26. The first-order valence-corrected chi connectivity index (χ1v) is 16.4. The molecule has 0 radical (unpaired) electrons. The van der Waals surface area contributed by atoms with Crippen molar-refractivity contribution in [1.82, 2.24) is 10.2 Å². The molecule has 0 aromatic heterocycles. The zero-order valence-corrected chi connectivity index (χ0v) is 27.6. The lowest BCUT2D eigenvalue weighted by molar-refractivity contribution is -0.385. The Hall–Kier alpha value is -4.16. The maximum absolute atomic E-state index is 14.3. The van der Waals surface area contributed by atoms with Crippen LogP contribution >= 0.6 is 11.6 Å². The molecular formula is C32H39ClN4O7S. The third kappa shape index (κ3) is 8.73. The lowest BCUT2D eigenvalue weighted by atomic mass is 10.1. The number of hydrogen-bond donors (Lipinski definition) is 1. The summed E-state index contributed by atoms with van der Waals surface area (Å²) < 4.78 is 34.8. The van der Waals surface area contributed by atoms with E-state index in [-0.39, 0.29) is 46.9 Å². The molecule has 45 heavy (non-hydrogen) atoms. The Morgan fingerprint density at radius 1 is 1.04 bits per heavy atom. The second-order valence-corrected chi connectivity index (χ2v) is 12.9. The Labute approximate surface area is 269 Å². The van der Waals surface area contributed by atoms with Gasteiger partial charge < -0.3 is 15.0 Å². The fraction of sp³-hybridized carbons (Fsp3) is 0.375. The van der Waals surface area contributed by atoms with Gasteiger partial charge in [-0.3, -0.25) is 24.0 Å². The average Bonchev–Trinajstić information content (AvgIpc) is 3.01. The molecule has 3 aromatic carbocycles. The van der Waals surface area contributed by atoms with E-state index in [1.165, 1.54) is 49.3 Å². The minimum atomic E-state index is -4.61. The van der Waals surface area contributed by atoms with Crippen LogP contribution < -0.4 is 14.4 Å². The predicted molar refractivity (Wildman–Crippen MR) is 174 cm³/mol. The number of halogens is 1. The highest BCUT2D eigenvalue weighted by Crippen LogP contribution is 2.36. The van der Waals surface area contributed by atoms with Crippen LogP contribution in [-0.2, 0) is 26.0 Å². The van der Waals surface area contributed by atoms with Gasteiger partial charge in [-0.15, -0.1) is 0 Å². The van der Waals surface area contributed by atoms with Crippen molar-refractivity contribution in [2.75, 3.05) is 24.5 Å². The third-order valence-electron chi connectivity index (χ3n) is 7.52. The van der Waals surface area contributed by atoms with Gasteiger partial charge in [0.2, 0.25) is 11.8 Å². The van der Waals surface area contributed by atoms with Crippen molar-refractivity contribution in [3.8, 4) is 5.75 Å². The molecule has 0 spiro atoms. The molecule has 0 saturated carbocycles. The topological polar surface area (TPSA) is 139 Å². The van der Waals surface area contributed by atoms with Crippen molar-refractivity contribution in [2.24, 2.45) is 0 Å². The fourth-order valence-electron chi connectivity index (χ4n) is 4.78. The predicted octanol–water partition coefficient (Wildman–Crippen LogP) is 5.53. The van der Waals surface area contributed by atoms with E-state index in [1.807, 2.05) is 44.2 Å². The first-order chi connectivity index (χ1) is 21.3. The zero-order valence-electron chi connectivity index (χ0n) is 26.0. The largest absolute Gasteiger partial charge is 0.495 e. The van der Waals surface area contributed by atoms with E-state index in [0.717, 1.165) is 15.9 Å². The lowest BCUT2D eigenvalue weighted by Gasteiger charge is -2.34. The van der Waals surface area contributed by atoms with Crippen LogP contribution in [0.1, 0.15) is 44.7 Å². The van der Waals surface area contributed by atoms with Gasteiger partial charge in [0.1, 0.15) is 18.3 Å². The summed E-state index contributed by atoms with van der Waals surface area (Å²) in [6.07, 6.45) is 1.38. The molecule has 0 aliphatic carbocycles. The van der Waals surface area contributed by atoms with E-state index >= 15 is 0 Å². The first kappa shape index (κ1) is 35.3. The smallest absolute Gasteiger partial charge is 0.273 e. The highest BCUT2D eigenvalue weighted by atomic mass is 35.5. The van der Waals surface area contributed by atoms with Gasteiger partial charge in [-0.05, 0) is 62.9 Å². The molecule has 0 saturated heterocycles. The molecule has 3 aromatic rings. The summed E-state index contributed by atoms with van der Waals surface area (Å²) in [5, 5.41) is 14.8. The number of rotatable bonds is 15. The van der Waals surface area contributed by atoms with Crippen LogP contribution in [0.25, 0.3) is 0 Å². The van der Waals surface area contributed by atoms with Crippen LogP contribution in [0.2, 0.25) is 5.02 Å². The van der Waals surface area contributed by atoms with Gasteiger partial charge in [0.25, 0.3) is 15.7 Å². The Morgan fingerprint density at radius 3 is 2.33 bits per heavy atom. The van der Waals surface area contributed by atoms with E-state index in [9.17, 15) is 28.1 Å². The van der Waals surface area contributed by atoms with Crippen molar-refractivity contribution >= 4 is 44.8 Å². The number of amides is 2. The number of hydrogen-bond acceptors (Lipinski definition) is 7. The van der Waals surface area contributed by atoms with Crippen molar-refractivity contribution in [2.45, 2.75) is 63.9 Å². The third-order valence-corrected chi connectivity index (χ3v) is 9.52. The van der Waals surface area contributed by atoms with Gasteiger partial charge in [0, 0.05) is 29.2 Å². The van der Waals surface area contributed by atoms with Gasteiger partial charge in [-0.2, -0.15) is 0 Å². The molecule has 0 unspecified atom stereocenters. The number of benzene rings is 3.